The summed E-state index contributed by atoms with van der Waals surface area (Å²) in [7, 11) is 0. The standard InChI is InChI=1S/C17H25N3O2/c1-12-10-15(21)16(13(2)18-12)17(22)20-9-6-14(11-20)19-7-4-3-5-8-19/h10,14H,3-9,11H2,1-2H3,(H,18,21)/t14-/m0/s1. The highest BCUT2D eigenvalue weighted by Crippen LogP contribution is 2.21. The van der Waals surface area contributed by atoms with Gasteiger partial charge >= 0.3 is 0 Å². The Hall–Kier alpha value is -1.62. The summed E-state index contributed by atoms with van der Waals surface area (Å²) in [6.45, 7) is 7.46. The number of aryl methyl sites for hydroxylation is 2. The van der Waals surface area contributed by atoms with E-state index < -0.39 is 0 Å². The highest BCUT2D eigenvalue weighted by molar-refractivity contribution is 5.95. The van der Waals surface area contributed by atoms with Gasteiger partial charge in [-0.15, -0.1) is 0 Å². The van der Waals surface area contributed by atoms with E-state index in [4.69, 9.17) is 0 Å². The number of aromatic amines is 1. The van der Waals surface area contributed by atoms with Crippen molar-refractivity contribution in [2.45, 2.75) is 45.6 Å². The Bertz CT molecular complexity index is 617. The van der Waals surface area contributed by atoms with Crippen molar-refractivity contribution >= 4 is 5.91 Å². The minimum absolute atomic E-state index is 0.113. The third kappa shape index (κ3) is 2.95. The molecule has 3 heterocycles. The molecule has 2 aliphatic rings. The molecule has 1 aromatic rings. The molecule has 2 aliphatic heterocycles. The van der Waals surface area contributed by atoms with E-state index >= 15 is 0 Å². The van der Waals surface area contributed by atoms with Gasteiger partial charge in [0.2, 0.25) is 0 Å². The van der Waals surface area contributed by atoms with Crippen LogP contribution in [0, 0.1) is 13.8 Å². The highest BCUT2D eigenvalue weighted by Gasteiger charge is 2.32. The minimum atomic E-state index is -0.167. The number of nitrogens with one attached hydrogen (secondary N) is 1. The van der Waals surface area contributed by atoms with E-state index in [1.807, 2.05) is 11.8 Å². The molecule has 5 nitrogen and oxygen atoms in total. The molecule has 1 aromatic heterocycles. The average Bonchev–Trinajstić information content (AvgIpc) is 2.97. The molecule has 0 radical (unpaired) electrons. The number of piperidine rings is 1. The van der Waals surface area contributed by atoms with Crippen LogP contribution >= 0.6 is 0 Å². The molecule has 5 heteroatoms. The number of hydrogen-bond donors (Lipinski definition) is 1. The molecule has 0 spiro atoms. The third-order valence-electron chi connectivity index (χ3n) is 4.93. The molecule has 0 saturated carbocycles. The number of nitrogens with zero attached hydrogens (tertiary/aromatic N) is 2. The third-order valence-corrected chi connectivity index (χ3v) is 4.93. The Kier molecular flexibility index (Phi) is 4.34. The van der Waals surface area contributed by atoms with Crippen LogP contribution in [0.1, 0.15) is 47.4 Å². The van der Waals surface area contributed by atoms with Gasteiger partial charge in [0.1, 0.15) is 5.56 Å². The van der Waals surface area contributed by atoms with Crippen LogP contribution in [0.3, 0.4) is 0 Å². The summed E-state index contributed by atoms with van der Waals surface area (Å²) < 4.78 is 0. The number of pyridine rings is 1. The molecular weight excluding hydrogens is 278 g/mol. The maximum absolute atomic E-state index is 12.7. The number of likely N-dealkylation sites (tertiary alicyclic amines) is 2. The molecule has 1 amide bonds. The molecule has 0 aromatic carbocycles. The second-order valence-corrected chi connectivity index (χ2v) is 6.61. The fourth-order valence-corrected chi connectivity index (χ4v) is 3.78. The summed E-state index contributed by atoms with van der Waals surface area (Å²) in [5.74, 6) is -0.113. The molecule has 0 bridgehead atoms. The van der Waals surface area contributed by atoms with Crippen LogP contribution in [-0.2, 0) is 0 Å². The highest BCUT2D eigenvalue weighted by atomic mass is 16.2. The lowest BCUT2D eigenvalue weighted by atomic mass is 10.1. The predicted octanol–water partition coefficient (Wildman–Crippen LogP) is 1.69. The van der Waals surface area contributed by atoms with Crippen molar-refractivity contribution in [2.24, 2.45) is 0 Å². The maximum Gasteiger partial charge on any atom is 0.259 e. The summed E-state index contributed by atoms with van der Waals surface area (Å²) in [6, 6.07) is 1.98. The topological polar surface area (TPSA) is 56.4 Å². The molecule has 1 atom stereocenters. The lowest BCUT2D eigenvalue weighted by Gasteiger charge is -2.32. The predicted molar refractivity (Wildman–Crippen MR) is 86.3 cm³/mol. The van der Waals surface area contributed by atoms with E-state index in [9.17, 15) is 9.59 Å². The van der Waals surface area contributed by atoms with Gasteiger partial charge in [-0.25, -0.2) is 0 Å². The van der Waals surface area contributed by atoms with E-state index in [2.05, 4.69) is 9.88 Å². The summed E-state index contributed by atoms with van der Waals surface area (Å²) in [5.41, 5.74) is 1.62. The molecule has 0 unspecified atom stereocenters. The molecule has 1 N–H and O–H groups in total. The first-order valence-electron chi connectivity index (χ1n) is 8.30. The molecule has 0 aliphatic carbocycles. The van der Waals surface area contributed by atoms with Crippen LogP contribution in [0.2, 0.25) is 0 Å². The molecule has 2 fully saturated rings. The van der Waals surface area contributed by atoms with Crippen molar-refractivity contribution in [3.63, 3.8) is 0 Å². The number of H-pyrrole nitrogens is 1. The monoisotopic (exact) mass is 303 g/mol. The fraction of sp³-hybridized carbons (Fsp3) is 0.647. The van der Waals surface area contributed by atoms with E-state index in [0.717, 1.165) is 38.3 Å². The SMILES string of the molecule is Cc1cc(=O)c(C(=O)N2CC[C@H](N3CCCCC3)C2)c(C)[nH]1. The van der Waals surface area contributed by atoms with Gasteiger partial charge in [0, 0.05) is 36.6 Å². The van der Waals surface area contributed by atoms with Gasteiger partial charge in [-0.05, 0) is 46.2 Å². The number of carbonyl (C=O) groups excluding carboxylic acids is 1. The van der Waals surface area contributed by atoms with E-state index in [1.165, 1.54) is 25.3 Å². The van der Waals surface area contributed by atoms with Crippen molar-refractivity contribution in [1.29, 1.82) is 0 Å². The molecule has 2 saturated heterocycles. The fourth-order valence-electron chi connectivity index (χ4n) is 3.78. The van der Waals surface area contributed by atoms with Gasteiger partial charge < -0.3 is 9.88 Å². The zero-order valence-electron chi connectivity index (χ0n) is 13.5. The summed E-state index contributed by atoms with van der Waals surface area (Å²) in [6.07, 6.45) is 4.88. The van der Waals surface area contributed by atoms with Crippen LogP contribution < -0.4 is 5.43 Å². The second kappa shape index (κ2) is 6.24. The van der Waals surface area contributed by atoms with Gasteiger partial charge in [0.05, 0.1) is 0 Å². The molecular formula is C17H25N3O2. The summed E-state index contributed by atoms with van der Waals surface area (Å²) in [5, 5.41) is 0. The van der Waals surface area contributed by atoms with E-state index in [-0.39, 0.29) is 11.3 Å². The molecule has 3 rings (SSSR count). The number of carbonyl (C=O) groups is 1. The number of hydrogen-bond acceptors (Lipinski definition) is 3. The van der Waals surface area contributed by atoms with Gasteiger partial charge in [-0.3, -0.25) is 14.5 Å². The molecule has 120 valence electrons. The Morgan fingerprint density at radius 1 is 1.18 bits per heavy atom. The summed E-state index contributed by atoms with van der Waals surface area (Å²) >= 11 is 0. The van der Waals surface area contributed by atoms with Crippen LogP contribution in [0.4, 0.5) is 0 Å². The van der Waals surface area contributed by atoms with Gasteiger partial charge in [-0.1, -0.05) is 6.42 Å². The quantitative estimate of drug-likeness (QED) is 0.904. The normalized spacial score (nSPS) is 23.0. The zero-order chi connectivity index (χ0) is 15.7. The largest absolute Gasteiger partial charge is 0.362 e. The van der Waals surface area contributed by atoms with Crippen molar-refractivity contribution in [2.75, 3.05) is 26.2 Å². The van der Waals surface area contributed by atoms with Crippen molar-refractivity contribution < 1.29 is 4.79 Å². The lowest BCUT2D eigenvalue weighted by molar-refractivity contribution is 0.0769. The first-order valence-corrected chi connectivity index (χ1v) is 8.30. The lowest BCUT2D eigenvalue weighted by Crippen LogP contribution is -2.42. The van der Waals surface area contributed by atoms with E-state index in [0.29, 0.717) is 17.3 Å². The molecule has 22 heavy (non-hydrogen) atoms. The van der Waals surface area contributed by atoms with Gasteiger partial charge in [0.15, 0.2) is 5.43 Å². The number of amides is 1. The first-order chi connectivity index (χ1) is 10.6. The minimum Gasteiger partial charge on any atom is -0.362 e. The number of rotatable bonds is 2. The van der Waals surface area contributed by atoms with Gasteiger partial charge in [0.25, 0.3) is 5.91 Å². The van der Waals surface area contributed by atoms with Crippen LogP contribution in [0.25, 0.3) is 0 Å². The Labute approximate surface area is 131 Å². The Morgan fingerprint density at radius 2 is 1.91 bits per heavy atom. The second-order valence-electron chi connectivity index (χ2n) is 6.61. The van der Waals surface area contributed by atoms with Crippen molar-refractivity contribution in [1.82, 2.24) is 14.8 Å². The van der Waals surface area contributed by atoms with E-state index in [1.54, 1.807) is 6.92 Å². The smallest absolute Gasteiger partial charge is 0.259 e. The summed E-state index contributed by atoms with van der Waals surface area (Å²) in [4.78, 5) is 32.4. The first kappa shape index (κ1) is 15.3. The van der Waals surface area contributed by atoms with Crippen molar-refractivity contribution in [3.05, 3.63) is 33.2 Å². The van der Waals surface area contributed by atoms with Crippen LogP contribution in [0.5, 0.6) is 0 Å². The average molecular weight is 303 g/mol. The maximum atomic E-state index is 12.7. The Balaban J connectivity index is 1.73. The van der Waals surface area contributed by atoms with Crippen LogP contribution in [0.15, 0.2) is 10.9 Å². The number of aromatic nitrogens is 1. The van der Waals surface area contributed by atoms with Crippen LogP contribution in [-0.4, -0.2) is 52.9 Å². The van der Waals surface area contributed by atoms with Crippen molar-refractivity contribution in [3.8, 4) is 0 Å². The zero-order valence-corrected chi connectivity index (χ0v) is 13.5. The van der Waals surface area contributed by atoms with Gasteiger partial charge in [-0.2, -0.15) is 0 Å². The Morgan fingerprint density at radius 3 is 2.59 bits per heavy atom.